The summed E-state index contributed by atoms with van der Waals surface area (Å²) in [6.45, 7) is 3.36. The van der Waals surface area contributed by atoms with Crippen LogP contribution in [0.25, 0.3) is 10.9 Å². The predicted octanol–water partition coefficient (Wildman–Crippen LogP) is 4.50. The lowest BCUT2D eigenvalue weighted by atomic mass is 10.2. The van der Waals surface area contributed by atoms with Crippen LogP contribution in [0.5, 0.6) is 5.75 Å². The minimum atomic E-state index is -0.222. The van der Waals surface area contributed by atoms with E-state index in [0.717, 1.165) is 10.9 Å². The van der Waals surface area contributed by atoms with Gasteiger partial charge in [0, 0.05) is 24.6 Å². The van der Waals surface area contributed by atoms with E-state index in [2.05, 4.69) is 5.32 Å². The zero-order chi connectivity index (χ0) is 18.5. The van der Waals surface area contributed by atoms with Crippen molar-refractivity contribution in [2.45, 2.75) is 6.92 Å². The number of ether oxygens (including phenoxy) is 2. The zero-order valence-electron chi connectivity index (χ0n) is 14.8. The van der Waals surface area contributed by atoms with Crippen molar-refractivity contribution in [1.29, 1.82) is 0 Å². The number of para-hydroxylation sites is 2. The standard InChI is InChI=1S/C20H21ClN2O3/c1-3-25-11-12-26-19-15(21)8-6-9-16(19)22-20(24)18-13-14-7-4-5-10-17(14)23(18)2/h4-10,13H,3,11-12H2,1-2H3,(H,22,24). The van der Waals surface area contributed by atoms with Crippen LogP contribution in [-0.2, 0) is 11.8 Å². The van der Waals surface area contributed by atoms with Gasteiger partial charge in [0.1, 0.15) is 12.3 Å². The molecule has 3 aromatic rings. The molecule has 0 atom stereocenters. The van der Waals surface area contributed by atoms with Crippen molar-refractivity contribution in [2.24, 2.45) is 7.05 Å². The van der Waals surface area contributed by atoms with Gasteiger partial charge in [0.05, 0.1) is 17.3 Å². The molecule has 3 rings (SSSR count). The molecule has 0 saturated carbocycles. The largest absolute Gasteiger partial charge is 0.487 e. The minimum absolute atomic E-state index is 0.222. The number of carbonyl (C=O) groups is 1. The molecule has 1 heterocycles. The number of hydrogen-bond acceptors (Lipinski definition) is 3. The van der Waals surface area contributed by atoms with Crippen LogP contribution < -0.4 is 10.1 Å². The van der Waals surface area contributed by atoms with Crippen LogP contribution in [0.4, 0.5) is 5.69 Å². The Kier molecular flexibility index (Phi) is 5.81. The molecule has 0 radical (unpaired) electrons. The lowest BCUT2D eigenvalue weighted by Gasteiger charge is -2.14. The van der Waals surface area contributed by atoms with Crippen LogP contribution in [0.1, 0.15) is 17.4 Å². The summed E-state index contributed by atoms with van der Waals surface area (Å²) in [6, 6.07) is 15.0. The molecule has 0 aliphatic heterocycles. The summed E-state index contributed by atoms with van der Waals surface area (Å²) in [7, 11) is 1.87. The Labute approximate surface area is 157 Å². The van der Waals surface area contributed by atoms with Crippen molar-refractivity contribution in [3.05, 3.63) is 59.2 Å². The van der Waals surface area contributed by atoms with Gasteiger partial charge in [-0.25, -0.2) is 0 Å². The molecule has 2 aromatic carbocycles. The monoisotopic (exact) mass is 372 g/mol. The summed E-state index contributed by atoms with van der Waals surface area (Å²) >= 11 is 6.24. The fourth-order valence-electron chi connectivity index (χ4n) is 2.79. The maximum Gasteiger partial charge on any atom is 0.272 e. The van der Waals surface area contributed by atoms with Crippen LogP contribution in [0.15, 0.2) is 48.5 Å². The van der Waals surface area contributed by atoms with E-state index in [9.17, 15) is 4.79 Å². The summed E-state index contributed by atoms with van der Waals surface area (Å²) in [5.74, 6) is 0.224. The first-order valence-corrected chi connectivity index (χ1v) is 8.84. The van der Waals surface area contributed by atoms with Gasteiger partial charge in [0.2, 0.25) is 0 Å². The maximum atomic E-state index is 12.8. The Balaban J connectivity index is 1.82. The molecular weight excluding hydrogens is 352 g/mol. The van der Waals surface area contributed by atoms with Crippen molar-refractivity contribution >= 4 is 34.1 Å². The number of halogens is 1. The third-order valence-electron chi connectivity index (χ3n) is 4.08. The highest BCUT2D eigenvalue weighted by Gasteiger charge is 2.16. The molecule has 6 heteroatoms. The third kappa shape index (κ3) is 3.84. The van der Waals surface area contributed by atoms with E-state index >= 15 is 0 Å². The molecule has 0 unspecified atom stereocenters. The molecule has 0 aliphatic carbocycles. The molecule has 0 saturated heterocycles. The first kappa shape index (κ1) is 18.3. The first-order chi connectivity index (χ1) is 12.6. The van der Waals surface area contributed by atoms with Gasteiger partial charge in [-0.05, 0) is 31.2 Å². The number of nitrogens with one attached hydrogen (secondary N) is 1. The van der Waals surface area contributed by atoms with Gasteiger partial charge >= 0.3 is 0 Å². The average molecular weight is 373 g/mol. The highest BCUT2D eigenvalue weighted by Crippen LogP contribution is 2.33. The first-order valence-electron chi connectivity index (χ1n) is 8.46. The van der Waals surface area contributed by atoms with Crippen LogP contribution in [0.2, 0.25) is 5.02 Å². The molecule has 26 heavy (non-hydrogen) atoms. The second kappa shape index (κ2) is 8.25. The van der Waals surface area contributed by atoms with Gasteiger partial charge in [-0.15, -0.1) is 0 Å². The lowest BCUT2D eigenvalue weighted by molar-refractivity contribution is 0.101. The predicted molar refractivity (Wildman–Crippen MR) is 104 cm³/mol. The smallest absolute Gasteiger partial charge is 0.272 e. The Morgan fingerprint density at radius 1 is 1.15 bits per heavy atom. The second-order valence-corrected chi connectivity index (χ2v) is 6.17. The Morgan fingerprint density at radius 3 is 2.73 bits per heavy atom. The molecule has 1 amide bonds. The molecule has 0 aliphatic rings. The average Bonchev–Trinajstić information content (AvgIpc) is 2.98. The van der Waals surface area contributed by atoms with Gasteiger partial charge < -0.3 is 19.4 Å². The lowest BCUT2D eigenvalue weighted by Crippen LogP contribution is -2.17. The number of benzene rings is 2. The molecular formula is C20H21ClN2O3. The Bertz CT molecular complexity index is 921. The third-order valence-corrected chi connectivity index (χ3v) is 4.38. The number of anilines is 1. The quantitative estimate of drug-likeness (QED) is 0.621. The molecule has 136 valence electrons. The van der Waals surface area contributed by atoms with Gasteiger partial charge in [-0.3, -0.25) is 4.79 Å². The van der Waals surface area contributed by atoms with Crippen molar-refractivity contribution in [3.63, 3.8) is 0 Å². The van der Waals surface area contributed by atoms with Crippen LogP contribution in [0.3, 0.4) is 0 Å². The van der Waals surface area contributed by atoms with Crippen LogP contribution in [-0.4, -0.2) is 30.3 Å². The Hall–Kier alpha value is -2.50. The van der Waals surface area contributed by atoms with Gasteiger partial charge in [-0.1, -0.05) is 35.9 Å². The van der Waals surface area contributed by atoms with Crippen molar-refractivity contribution in [1.82, 2.24) is 4.57 Å². The van der Waals surface area contributed by atoms with E-state index in [0.29, 0.717) is 42.0 Å². The highest BCUT2D eigenvalue weighted by atomic mass is 35.5. The topological polar surface area (TPSA) is 52.5 Å². The van der Waals surface area contributed by atoms with E-state index in [1.165, 1.54) is 0 Å². The van der Waals surface area contributed by atoms with Crippen LogP contribution >= 0.6 is 11.6 Å². The second-order valence-electron chi connectivity index (χ2n) is 5.76. The fraction of sp³-hybridized carbons (Fsp3) is 0.250. The van der Waals surface area contributed by atoms with Gasteiger partial charge in [0.15, 0.2) is 5.75 Å². The summed E-state index contributed by atoms with van der Waals surface area (Å²) < 4.78 is 12.9. The number of hydrogen-bond donors (Lipinski definition) is 1. The van der Waals surface area contributed by atoms with Crippen LogP contribution in [0, 0.1) is 0 Å². The fourth-order valence-corrected chi connectivity index (χ4v) is 3.02. The maximum absolute atomic E-state index is 12.8. The molecule has 0 fully saturated rings. The number of aryl methyl sites for hydroxylation is 1. The molecule has 0 spiro atoms. The zero-order valence-corrected chi connectivity index (χ0v) is 15.5. The van der Waals surface area contributed by atoms with E-state index in [4.69, 9.17) is 21.1 Å². The Morgan fingerprint density at radius 2 is 1.96 bits per heavy atom. The van der Waals surface area contributed by atoms with E-state index in [-0.39, 0.29) is 5.91 Å². The SMILES string of the molecule is CCOCCOc1c(Cl)cccc1NC(=O)c1cc2ccccc2n1C. The summed E-state index contributed by atoms with van der Waals surface area (Å²) in [5.41, 5.74) is 2.09. The summed E-state index contributed by atoms with van der Waals surface area (Å²) in [4.78, 5) is 12.8. The number of carbonyl (C=O) groups excluding carboxylic acids is 1. The molecule has 5 nitrogen and oxygen atoms in total. The number of fused-ring (bicyclic) bond motifs is 1. The highest BCUT2D eigenvalue weighted by molar-refractivity contribution is 6.32. The molecule has 1 aromatic heterocycles. The van der Waals surface area contributed by atoms with Crippen molar-refractivity contribution in [3.8, 4) is 5.75 Å². The summed E-state index contributed by atoms with van der Waals surface area (Å²) in [6.07, 6.45) is 0. The number of aromatic nitrogens is 1. The van der Waals surface area contributed by atoms with Crippen molar-refractivity contribution < 1.29 is 14.3 Å². The number of nitrogens with zero attached hydrogens (tertiary/aromatic N) is 1. The minimum Gasteiger partial charge on any atom is -0.487 e. The molecule has 0 bridgehead atoms. The molecule has 1 N–H and O–H groups in total. The van der Waals surface area contributed by atoms with Crippen molar-refractivity contribution in [2.75, 3.05) is 25.1 Å². The van der Waals surface area contributed by atoms with Gasteiger partial charge in [-0.2, -0.15) is 0 Å². The number of rotatable bonds is 7. The summed E-state index contributed by atoms with van der Waals surface area (Å²) in [5, 5.41) is 4.35. The van der Waals surface area contributed by atoms with E-state index in [1.54, 1.807) is 18.2 Å². The normalized spacial score (nSPS) is 10.9. The van der Waals surface area contributed by atoms with E-state index < -0.39 is 0 Å². The van der Waals surface area contributed by atoms with E-state index in [1.807, 2.05) is 48.9 Å². The van der Waals surface area contributed by atoms with Gasteiger partial charge in [0.25, 0.3) is 5.91 Å². The number of amides is 1.